The number of hydrogen-bond donors (Lipinski definition) is 0. The Kier molecular flexibility index (Phi) is 6.84. The van der Waals surface area contributed by atoms with Crippen molar-refractivity contribution < 1.29 is 17.4 Å². The number of carbonyl (C=O) groups excluding carboxylic acids is 1. The zero-order chi connectivity index (χ0) is 15.9. The SMILES string of the molecule is CCCCS(=O)(=O)OCC(=O)N(c1ccccc1)C(C)C. The van der Waals surface area contributed by atoms with Crippen LogP contribution in [0.5, 0.6) is 0 Å². The number of anilines is 1. The van der Waals surface area contributed by atoms with Crippen LogP contribution in [0.2, 0.25) is 0 Å². The first-order valence-corrected chi connectivity index (χ1v) is 8.69. The fraction of sp³-hybridized carbons (Fsp3) is 0.533. The summed E-state index contributed by atoms with van der Waals surface area (Å²) >= 11 is 0. The topological polar surface area (TPSA) is 63.7 Å². The largest absolute Gasteiger partial charge is 0.308 e. The molecule has 0 aliphatic heterocycles. The van der Waals surface area contributed by atoms with Gasteiger partial charge in [-0.15, -0.1) is 0 Å². The predicted octanol–water partition coefficient (Wildman–Crippen LogP) is 2.57. The highest BCUT2D eigenvalue weighted by molar-refractivity contribution is 7.86. The fourth-order valence-electron chi connectivity index (χ4n) is 1.91. The molecule has 1 rings (SSSR count). The summed E-state index contributed by atoms with van der Waals surface area (Å²) in [6.07, 6.45) is 1.29. The Hall–Kier alpha value is -1.40. The highest BCUT2D eigenvalue weighted by atomic mass is 32.2. The molecule has 0 heterocycles. The van der Waals surface area contributed by atoms with Gasteiger partial charge in [0.15, 0.2) is 0 Å². The lowest BCUT2D eigenvalue weighted by atomic mass is 10.2. The molecule has 0 aliphatic carbocycles. The van der Waals surface area contributed by atoms with Gasteiger partial charge in [-0.05, 0) is 32.4 Å². The summed E-state index contributed by atoms with van der Waals surface area (Å²) in [6, 6.07) is 9.06. The van der Waals surface area contributed by atoms with E-state index in [4.69, 9.17) is 4.18 Å². The van der Waals surface area contributed by atoms with Crippen molar-refractivity contribution in [2.24, 2.45) is 0 Å². The standard InChI is InChI=1S/C15H23NO4S/c1-4-5-11-21(18,19)20-12-15(17)16(13(2)3)14-9-7-6-8-10-14/h6-10,13H,4-5,11-12H2,1-3H3. The number of hydrogen-bond acceptors (Lipinski definition) is 4. The average molecular weight is 313 g/mol. The summed E-state index contributed by atoms with van der Waals surface area (Å²) < 4.78 is 28.1. The summed E-state index contributed by atoms with van der Waals surface area (Å²) in [6.45, 7) is 5.18. The smallest absolute Gasteiger partial charge is 0.267 e. The van der Waals surface area contributed by atoms with Crippen molar-refractivity contribution in [2.45, 2.75) is 39.7 Å². The maximum Gasteiger partial charge on any atom is 0.267 e. The van der Waals surface area contributed by atoms with Crippen molar-refractivity contribution in [3.8, 4) is 0 Å². The molecule has 1 amide bonds. The second-order valence-electron chi connectivity index (χ2n) is 5.07. The van der Waals surface area contributed by atoms with Gasteiger partial charge in [0.1, 0.15) is 6.61 Å². The zero-order valence-electron chi connectivity index (χ0n) is 12.8. The summed E-state index contributed by atoms with van der Waals surface area (Å²) in [7, 11) is -3.63. The molecule has 0 spiro atoms. The first kappa shape index (κ1) is 17.7. The van der Waals surface area contributed by atoms with Gasteiger partial charge in [0.05, 0.1) is 5.75 Å². The Morgan fingerprint density at radius 3 is 2.38 bits per heavy atom. The van der Waals surface area contributed by atoms with E-state index < -0.39 is 16.7 Å². The van der Waals surface area contributed by atoms with E-state index in [1.54, 1.807) is 0 Å². The van der Waals surface area contributed by atoms with Crippen LogP contribution < -0.4 is 4.90 Å². The molecular formula is C15H23NO4S. The lowest BCUT2D eigenvalue weighted by molar-refractivity contribution is -0.120. The number of unbranched alkanes of at least 4 members (excludes halogenated alkanes) is 1. The quantitative estimate of drug-likeness (QED) is 0.692. The number of rotatable bonds is 8. The number of nitrogens with zero attached hydrogens (tertiary/aromatic N) is 1. The Balaban J connectivity index is 2.72. The Morgan fingerprint density at radius 2 is 1.86 bits per heavy atom. The molecule has 0 saturated carbocycles. The second-order valence-corrected chi connectivity index (χ2v) is 6.83. The van der Waals surface area contributed by atoms with Crippen LogP contribution >= 0.6 is 0 Å². The van der Waals surface area contributed by atoms with Gasteiger partial charge in [0, 0.05) is 11.7 Å². The van der Waals surface area contributed by atoms with Crippen molar-refractivity contribution in [3.05, 3.63) is 30.3 Å². The molecule has 0 radical (unpaired) electrons. The van der Waals surface area contributed by atoms with Crippen LogP contribution in [0.1, 0.15) is 33.6 Å². The van der Waals surface area contributed by atoms with E-state index in [2.05, 4.69) is 0 Å². The molecule has 6 heteroatoms. The van der Waals surface area contributed by atoms with E-state index in [0.29, 0.717) is 6.42 Å². The van der Waals surface area contributed by atoms with E-state index in [1.807, 2.05) is 51.1 Å². The molecular weight excluding hydrogens is 290 g/mol. The molecule has 0 atom stereocenters. The normalized spacial score (nSPS) is 11.6. The van der Waals surface area contributed by atoms with Crippen LogP contribution in [0.3, 0.4) is 0 Å². The molecule has 0 aromatic heterocycles. The van der Waals surface area contributed by atoms with E-state index in [1.165, 1.54) is 4.90 Å². The molecule has 21 heavy (non-hydrogen) atoms. The van der Waals surface area contributed by atoms with Crippen molar-refractivity contribution in [1.82, 2.24) is 0 Å². The third-order valence-electron chi connectivity index (χ3n) is 2.93. The monoisotopic (exact) mass is 313 g/mol. The Bertz CT molecular complexity index is 540. The molecule has 0 N–H and O–H groups in total. The van der Waals surface area contributed by atoms with Crippen LogP contribution in [0, 0.1) is 0 Å². The first-order valence-electron chi connectivity index (χ1n) is 7.11. The van der Waals surface area contributed by atoms with Crippen LogP contribution in [0.15, 0.2) is 30.3 Å². The fourth-order valence-corrected chi connectivity index (χ4v) is 2.95. The van der Waals surface area contributed by atoms with E-state index in [0.717, 1.165) is 12.1 Å². The minimum absolute atomic E-state index is 0.0518. The third-order valence-corrected chi connectivity index (χ3v) is 4.19. The molecule has 0 aliphatic rings. The molecule has 0 fully saturated rings. The molecule has 1 aromatic rings. The molecule has 0 saturated heterocycles. The number of benzene rings is 1. The molecule has 118 valence electrons. The molecule has 0 unspecified atom stereocenters. The molecule has 5 nitrogen and oxygen atoms in total. The number of para-hydroxylation sites is 1. The summed E-state index contributed by atoms with van der Waals surface area (Å²) in [5.41, 5.74) is 0.729. The first-order chi connectivity index (χ1) is 9.87. The van der Waals surface area contributed by atoms with Gasteiger partial charge >= 0.3 is 0 Å². The lowest BCUT2D eigenvalue weighted by Gasteiger charge is -2.26. The predicted molar refractivity (Wildman–Crippen MR) is 83.7 cm³/mol. The van der Waals surface area contributed by atoms with Gasteiger partial charge in [-0.1, -0.05) is 31.5 Å². The zero-order valence-corrected chi connectivity index (χ0v) is 13.6. The van der Waals surface area contributed by atoms with Gasteiger partial charge in [-0.3, -0.25) is 8.98 Å². The maximum atomic E-state index is 12.2. The molecule has 0 bridgehead atoms. The van der Waals surface area contributed by atoms with Crippen molar-refractivity contribution in [2.75, 3.05) is 17.3 Å². The number of carbonyl (C=O) groups is 1. The van der Waals surface area contributed by atoms with Crippen molar-refractivity contribution in [3.63, 3.8) is 0 Å². The second kappa shape index (κ2) is 8.14. The minimum Gasteiger partial charge on any atom is -0.308 e. The van der Waals surface area contributed by atoms with Gasteiger partial charge in [-0.25, -0.2) is 0 Å². The van der Waals surface area contributed by atoms with E-state index in [-0.39, 0.29) is 17.7 Å². The summed E-state index contributed by atoms with van der Waals surface area (Å²) in [5, 5.41) is 0. The van der Waals surface area contributed by atoms with E-state index in [9.17, 15) is 13.2 Å². The summed E-state index contributed by atoms with van der Waals surface area (Å²) in [5.74, 6) is -0.416. The van der Waals surface area contributed by atoms with Gasteiger partial charge < -0.3 is 4.90 Å². The van der Waals surface area contributed by atoms with Crippen molar-refractivity contribution >= 4 is 21.7 Å². The summed E-state index contributed by atoms with van der Waals surface area (Å²) in [4.78, 5) is 13.8. The molecule has 1 aromatic carbocycles. The van der Waals surface area contributed by atoms with Crippen LogP contribution in [0.4, 0.5) is 5.69 Å². The maximum absolute atomic E-state index is 12.2. The van der Waals surface area contributed by atoms with Crippen molar-refractivity contribution in [1.29, 1.82) is 0 Å². The van der Waals surface area contributed by atoms with Gasteiger partial charge in [-0.2, -0.15) is 8.42 Å². The average Bonchev–Trinajstić information content (AvgIpc) is 2.44. The Labute approximate surface area is 127 Å². The highest BCUT2D eigenvalue weighted by Crippen LogP contribution is 2.17. The third kappa shape index (κ3) is 5.85. The van der Waals surface area contributed by atoms with Crippen LogP contribution in [-0.2, 0) is 19.1 Å². The minimum atomic E-state index is -3.63. The van der Waals surface area contributed by atoms with Gasteiger partial charge in [0.25, 0.3) is 16.0 Å². The highest BCUT2D eigenvalue weighted by Gasteiger charge is 2.21. The van der Waals surface area contributed by atoms with E-state index >= 15 is 0 Å². The lowest BCUT2D eigenvalue weighted by Crippen LogP contribution is -2.40. The Morgan fingerprint density at radius 1 is 1.24 bits per heavy atom. The van der Waals surface area contributed by atoms with Crippen LogP contribution in [-0.4, -0.2) is 32.7 Å². The van der Waals surface area contributed by atoms with Crippen LogP contribution in [0.25, 0.3) is 0 Å². The number of amides is 1. The van der Waals surface area contributed by atoms with Gasteiger partial charge in [0.2, 0.25) is 0 Å².